The Morgan fingerprint density at radius 1 is 0.943 bits per heavy atom. The SMILES string of the molecule is COc1ccc(C(OC[C@H]2O[C@@H](n3ccc(N)nc3=O)[C@H](O)[C@@H]2O[P+](O)(CCC#N)N(C(C)C)C(C)C)(c2ccccc2)c2ccc(OC)cc2)cc1. The Hall–Kier alpha value is -4.38. The monoisotopic (exact) mass is 746 g/mol. The predicted molar refractivity (Wildman–Crippen MR) is 202 cm³/mol. The molecular formula is C39H49N5O8P+. The number of methoxy groups -OCH3 is 2. The van der Waals surface area contributed by atoms with Gasteiger partial charge in [-0.3, -0.25) is 4.57 Å². The second-order valence-electron chi connectivity index (χ2n) is 13.3. The first kappa shape index (κ1) is 39.8. The van der Waals surface area contributed by atoms with Crippen molar-refractivity contribution in [2.75, 3.05) is 32.7 Å². The minimum atomic E-state index is -3.56. The fraction of sp³-hybridized carbons (Fsp3) is 0.410. The Bertz CT molecular complexity index is 1830. The van der Waals surface area contributed by atoms with Gasteiger partial charge in [-0.1, -0.05) is 54.6 Å². The summed E-state index contributed by atoms with van der Waals surface area (Å²) < 4.78 is 34.2. The highest BCUT2D eigenvalue weighted by Gasteiger charge is 2.57. The van der Waals surface area contributed by atoms with Gasteiger partial charge in [-0.15, -0.1) is 4.67 Å². The van der Waals surface area contributed by atoms with Crippen LogP contribution in [-0.2, 0) is 19.6 Å². The molecule has 2 heterocycles. The molecule has 0 bridgehead atoms. The molecule has 0 aliphatic carbocycles. The van der Waals surface area contributed by atoms with Gasteiger partial charge < -0.3 is 29.8 Å². The molecule has 1 aromatic heterocycles. The largest absolute Gasteiger partial charge is 0.497 e. The molecule has 3 aromatic carbocycles. The van der Waals surface area contributed by atoms with E-state index in [0.717, 1.165) is 21.3 Å². The molecule has 1 unspecified atom stereocenters. The Morgan fingerprint density at radius 2 is 1.49 bits per heavy atom. The standard InChI is InChI=1S/C39H48N5O8P/c1-26(2)44(27(3)4)53(47,24-10-22-40)52-36-33(51-37(35(36)45)43-23-21-34(41)42-38(43)46)25-50-39(28-11-8-7-9-12-28,29-13-17-31(48-5)18-14-29)30-15-19-32(49-6)20-16-30/h7-9,11-21,23,26-27,33,35-37,45,47H,10,24-25H2,1-6H3,(H-,41,42,46)/p+1/t33-,35-,36-,37-,53?/m1/s1. The van der Waals surface area contributed by atoms with E-state index in [4.69, 9.17) is 29.2 Å². The molecule has 4 aromatic rings. The summed E-state index contributed by atoms with van der Waals surface area (Å²) >= 11 is 0. The molecule has 0 spiro atoms. The fourth-order valence-corrected chi connectivity index (χ4v) is 9.98. The van der Waals surface area contributed by atoms with Crippen molar-refractivity contribution in [1.29, 1.82) is 5.26 Å². The number of nitrogen functional groups attached to an aromatic ring is 1. The Morgan fingerprint density at radius 3 is 1.98 bits per heavy atom. The van der Waals surface area contributed by atoms with Crippen LogP contribution in [-0.4, -0.2) is 81.6 Å². The number of ether oxygens (including phenoxy) is 4. The Kier molecular flexibility index (Phi) is 12.9. The van der Waals surface area contributed by atoms with Crippen molar-refractivity contribution >= 4 is 13.7 Å². The van der Waals surface area contributed by atoms with Gasteiger partial charge in [0.1, 0.15) is 41.3 Å². The van der Waals surface area contributed by atoms with Crippen molar-refractivity contribution in [2.24, 2.45) is 0 Å². The molecule has 5 rings (SSSR count). The van der Waals surface area contributed by atoms with Crippen molar-refractivity contribution in [3.63, 3.8) is 0 Å². The van der Waals surface area contributed by atoms with E-state index in [9.17, 15) is 20.1 Å². The molecule has 53 heavy (non-hydrogen) atoms. The minimum absolute atomic E-state index is 0.0133. The van der Waals surface area contributed by atoms with Crippen LogP contribution in [0.1, 0.15) is 57.0 Å². The van der Waals surface area contributed by atoms with Crippen LogP contribution in [0.3, 0.4) is 0 Å². The van der Waals surface area contributed by atoms with Gasteiger partial charge in [0.05, 0.1) is 33.3 Å². The zero-order valence-electron chi connectivity index (χ0n) is 30.9. The first-order valence-electron chi connectivity index (χ1n) is 17.5. The van der Waals surface area contributed by atoms with Crippen molar-refractivity contribution in [1.82, 2.24) is 14.2 Å². The molecule has 282 valence electrons. The summed E-state index contributed by atoms with van der Waals surface area (Å²) in [6.45, 7) is 7.56. The van der Waals surface area contributed by atoms with E-state index >= 15 is 0 Å². The summed E-state index contributed by atoms with van der Waals surface area (Å²) in [5, 5.41) is 21.6. The zero-order chi connectivity index (χ0) is 38.3. The van der Waals surface area contributed by atoms with E-state index in [-0.39, 0.29) is 37.1 Å². The number of aliphatic hydroxyl groups excluding tert-OH is 1. The molecule has 14 heteroatoms. The van der Waals surface area contributed by atoms with Gasteiger partial charge in [-0.05, 0) is 74.7 Å². The molecule has 1 saturated heterocycles. The van der Waals surface area contributed by atoms with E-state index in [2.05, 4.69) is 11.1 Å². The Labute approximate surface area is 311 Å². The number of aromatic nitrogens is 2. The molecule has 0 amide bonds. The lowest BCUT2D eigenvalue weighted by molar-refractivity contribution is -0.0948. The molecule has 5 atom stereocenters. The summed E-state index contributed by atoms with van der Waals surface area (Å²) in [5.74, 6) is 1.33. The van der Waals surface area contributed by atoms with Gasteiger partial charge >= 0.3 is 13.6 Å². The number of nitriles is 1. The smallest absolute Gasteiger partial charge is 0.351 e. The van der Waals surface area contributed by atoms with E-state index in [1.807, 2.05) is 111 Å². The van der Waals surface area contributed by atoms with Gasteiger partial charge in [0.2, 0.25) is 0 Å². The van der Waals surface area contributed by atoms with E-state index in [1.165, 1.54) is 12.3 Å². The number of benzene rings is 3. The van der Waals surface area contributed by atoms with Crippen molar-refractivity contribution in [3.8, 4) is 17.6 Å². The second-order valence-corrected chi connectivity index (χ2v) is 15.8. The topological polar surface area (TPSA) is 175 Å². The van der Waals surface area contributed by atoms with Crippen molar-refractivity contribution in [2.45, 2.75) is 76.3 Å². The number of hydrogen-bond acceptors (Lipinski definition) is 12. The molecule has 1 fully saturated rings. The van der Waals surface area contributed by atoms with Gasteiger partial charge in [-0.25, -0.2) is 9.69 Å². The highest BCUT2D eigenvalue weighted by molar-refractivity contribution is 7.63. The van der Waals surface area contributed by atoms with Crippen molar-refractivity contribution in [3.05, 3.63) is 118 Å². The van der Waals surface area contributed by atoms with E-state index in [1.54, 1.807) is 14.2 Å². The van der Waals surface area contributed by atoms with Crippen LogP contribution in [0.25, 0.3) is 0 Å². The summed E-state index contributed by atoms with van der Waals surface area (Å²) in [7, 11) is -0.366. The van der Waals surface area contributed by atoms with Crippen LogP contribution in [0.5, 0.6) is 11.5 Å². The van der Waals surface area contributed by atoms with Gasteiger partial charge in [0, 0.05) is 18.3 Å². The number of aliphatic hydroxyl groups is 1. The van der Waals surface area contributed by atoms with E-state index in [0.29, 0.717) is 11.5 Å². The third kappa shape index (κ3) is 8.40. The number of nitrogens with zero attached hydrogens (tertiary/aromatic N) is 4. The molecule has 1 aliphatic rings. The maximum atomic E-state index is 13.1. The lowest BCUT2D eigenvalue weighted by atomic mass is 9.80. The Balaban J connectivity index is 1.65. The summed E-state index contributed by atoms with van der Waals surface area (Å²) in [6.07, 6.45) is -3.53. The predicted octanol–water partition coefficient (Wildman–Crippen LogP) is 5.28. The molecule has 1 aliphatic heterocycles. The molecule has 4 N–H and O–H groups in total. The third-order valence-corrected chi connectivity index (χ3v) is 12.3. The van der Waals surface area contributed by atoms with E-state index < -0.39 is 43.7 Å². The van der Waals surface area contributed by atoms with Crippen LogP contribution in [0, 0.1) is 11.3 Å². The highest BCUT2D eigenvalue weighted by atomic mass is 31.2. The second kappa shape index (κ2) is 17.2. The number of anilines is 1. The van der Waals surface area contributed by atoms with Crippen LogP contribution < -0.4 is 20.9 Å². The maximum Gasteiger partial charge on any atom is 0.351 e. The summed E-state index contributed by atoms with van der Waals surface area (Å²) in [4.78, 5) is 29.3. The van der Waals surface area contributed by atoms with Crippen LogP contribution in [0.4, 0.5) is 5.82 Å². The lowest BCUT2D eigenvalue weighted by Gasteiger charge is -2.38. The fourth-order valence-electron chi connectivity index (χ4n) is 7.05. The van der Waals surface area contributed by atoms with Crippen LogP contribution in [0.15, 0.2) is 95.9 Å². The quantitative estimate of drug-likeness (QED) is 0.100. The minimum Gasteiger partial charge on any atom is -0.497 e. The normalized spacial score (nSPS) is 20.0. The molecule has 0 saturated carbocycles. The lowest BCUT2D eigenvalue weighted by Crippen LogP contribution is -2.45. The third-order valence-electron chi connectivity index (χ3n) is 9.30. The highest BCUT2D eigenvalue weighted by Crippen LogP contribution is 2.63. The van der Waals surface area contributed by atoms with Gasteiger partial charge in [-0.2, -0.15) is 14.8 Å². The molecule has 13 nitrogen and oxygen atoms in total. The zero-order valence-corrected chi connectivity index (χ0v) is 31.8. The van der Waals surface area contributed by atoms with Crippen LogP contribution >= 0.6 is 7.87 Å². The average molecular weight is 747 g/mol. The number of hydrogen-bond donors (Lipinski definition) is 3. The number of rotatable bonds is 16. The number of nitrogens with two attached hydrogens (primary N) is 1. The first-order valence-corrected chi connectivity index (χ1v) is 19.3. The van der Waals surface area contributed by atoms with Crippen molar-refractivity contribution < 1.29 is 33.5 Å². The first-order chi connectivity index (χ1) is 25.4. The summed E-state index contributed by atoms with van der Waals surface area (Å²) in [5.41, 5.74) is 6.14. The maximum absolute atomic E-state index is 13.1. The molecular weight excluding hydrogens is 697 g/mol. The van der Waals surface area contributed by atoms with Gasteiger partial charge in [0.15, 0.2) is 12.3 Å². The van der Waals surface area contributed by atoms with Crippen LogP contribution in [0.2, 0.25) is 0 Å². The molecule has 0 radical (unpaired) electrons. The van der Waals surface area contributed by atoms with Gasteiger partial charge in [0.25, 0.3) is 0 Å². The average Bonchev–Trinajstić information content (AvgIpc) is 3.44. The summed E-state index contributed by atoms with van der Waals surface area (Å²) in [6, 6.07) is 28.0.